The summed E-state index contributed by atoms with van der Waals surface area (Å²) in [4.78, 5) is 10.9. The van der Waals surface area contributed by atoms with Crippen molar-refractivity contribution in [2.75, 3.05) is 18.6 Å². The predicted molar refractivity (Wildman–Crippen MR) is 59.0 cm³/mol. The lowest BCUT2D eigenvalue weighted by molar-refractivity contribution is -0.138. The molecule has 16 heavy (non-hydrogen) atoms. The summed E-state index contributed by atoms with van der Waals surface area (Å²) in [5.74, 6) is -1.19. The molecule has 0 atom stereocenters. The lowest BCUT2D eigenvalue weighted by Gasteiger charge is -2.04. The molecule has 94 valence electrons. The van der Waals surface area contributed by atoms with E-state index in [1.807, 2.05) is 0 Å². The molecule has 0 fully saturated rings. The zero-order valence-corrected chi connectivity index (χ0v) is 10.7. The molecule has 0 spiro atoms. The largest absolute Gasteiger partial charge is 0.462 e. The highest BCUT2D eigenvalue weighted by molar-refractivity contribution is 8.66. The van der Waals surface area contributed by atoms with E-state index < -0.39 is 29.5 Å². The Kier molecular flexibility index (Phi) is 5.14. The summed E-state index contributed by atoms with van der Waals surface area (Å²) < 4.78 is 48.3. The predicted octanol–water partition coefficient (Wildman–Crippen LogP) is -0.130. The molecule has 0 aromatic heterocycles. The Bertz CT molecular complexity index is 471. The van der Waals surface area contributed by atoms with Crippen LogP contribution in [0.5, 0.6) is 0 Å². The van der Waals surface area contributed by atoms with E-state index in [4.69, 9.17) is 0 Å². The fourth-order valence-electron chi connectivity index (χ4n) is 0.675. The van der Waals surface area contributed by atoms with Crippen molar-refractivity contribution in [2.45, 2.75) is 13.3 Å². The van der Waals surface area contributed by atoms with Crippen LogP contribution in [0, 0.1) is 0 Å². The number of hydrogen-bond donors (Lipinski definition) is 0. The first kappa shape index (κ1) is 15.1. The minimum atomic E-state index is -4.16. The molecule has 0 saturated carbocycles. The van der Waals surface area contributed by atoms with E-state index in [2.05, 4.69) is 11.3 Å². The Hall–Kier alpha value is -0.890. The van der Waals surface area contributed by atoms with E-state index in [-0.39, 0.29) is 18.6 Å². The van der Waals surface area contributed by atoms with Crippen LogP contribution in [0.3, 0.4) is 0 Å². The van der Waals surface area contributed by atoms with Gasteiger partial charge in [-0.2, -0.15) is 0 Å². The number of carbonyl (C=O) groups excluding carboxylic acids is 1. The van der Waals surface area contributed by atoms with Gasteiger partial charge in [0.1, 0.15) is 0 Å². The van der Waals surface area contributed by atoms with Crippen LogP contribution in [-0.2, 0) is 27.3 Å². The van der Waals surface area contributed by atoms with Crippen LogP contribution in [0.1, 0.15) is 13.3 Å². The van der Waals surface area contributed by atoms with Gasteiger partial charge in [0.25, 0.3) is 17.7 Å². The topological polar surface area (TPSA) is 94.6 Å². The van der Waals surface area contributed by atoms with Crippen LogP contribution in [0.2, 0.25) is 0 Å². The number of hydrogen-bond acceptors (Lipinski definition) is 6. The van der Waals surface area contributed by atoms with Crippen LogP contribution in [0.15, 0.2) is 12.2 Å². The van der Waals surface area contributed by atoms with Gasteiger partial charge >= 0.3 is 5.97 Å². The summed E-state index contributed by atoms with van der Waals surface area (Å²) in [6, 6.07) is 0. The van der Waals surface area contributed by atoms with Crippen molar-refractivity contribution in [3.05, 3.63) is 12.2 Å². The van der Waals surface area contributed by atoms with E-state index in [1.165, 1.54) is 6.92 Å². The number of rotatable bonds is 6. The number of ether oxygens (including phenoxy) is 1. The van der Waals surface area contributed by atoms with Gasteiger partial charge in [-0.1, -0.05) is 6.58 Å². The third kappa shape index (κ3) is 4.75. The molecule has 0 unspecified atom stereocenters. The van der Waals surface area contributed by atoms with E-state index in [0.29, 0.717) is 6.26 Å². The molecule has 0 aliphatic heterocycles. The van der Waals surface area contributed by atoms with Crippen molar-refractivity contribution in [1.29, 1.82) is 0 Å². The van der Waals surface area contributed by atoms with Crippen molar-refractivity contribution < 1.29 is 26.4 Å². The van der Waals surface area contributed by atoms with Crippen molar-refractivity contribution in [3.8, 4) is 0 Å². The molecule has 0 saturated heterocycles. The molecule has 6 nitrogen and oxygen atoms in total. The molecular formula is C8H14O6S2. The summed E-state index contributed by atoms with van der Waals surface area (Å²) in [7, 11) is -8.26. The van der Waals surface area contributed by atoms with Gasteiger partial charge in [-0.15, -0.1) is 0 Å². The molecule has 0 aliphatic rings. The van der Waals surface area contributed by atoms with Gasteiger partial charge in [0.2, 0.25) is 0 Å². The Morgan fingerprint density at radius 1 is 1.25 bits per heavy atom. The molecule has 0 aromatic rings. The average molecular weight is 270 g/mol. The third-order valence-corrected chi connectivity index (χ3v) is 6.56. The smallest absolute Gasteiger partial charge is 0.333 e. The van der Waals surface area contributed by atoms with E-state index in [1.54, 1.807) is 0 Å². The van der Waals surface area contributed by atoms with Crippen molar-refractivity contribution in [3.63, 3.8) is 0 Å². The number of esters is 1. The first-order valence-electron chi connectivity index (χ1n) is 4.33. The molecule has 0 N–H and O–H groups in total. The zero-order chi connectivity index (χ0) is 13.0. The third-order valence-electron chi connectivity index (χ3n) is 1.58. The maximum Gasteiger partial charge on any atom is 0.333 e. The van der Waals surface area contributed by atoms with Gasteiger partial charge < -0.3 is 4.74 Å². The van der Waals surface area contributed by atoms with Crippen molar-refractivity contribution in [1.82, 2.24) is 0 Å². The fraction of sp³-hybridized carbons (Fsp3) is 0.625. The Morgan fingerprint density at radius 3 is 2.12 bits per heavy atom. The SMILES string of the molecule is C=C(C)C(=O)OCCCS(=O)(=O)S(C)(=O)=O. The fourth-order valence-corrected chi connectivity index (χ4v) is 2.71. The normalized spacial score (nSPS) is 12.1. The van der Waals surface area contributed by atoms with Gasteiger partial charge in [0.15, 0.2) is 0 Å². The molecule has 0 bridgehead atoms. The van der Waals surface area contributed by atoms with Gasteiger partial charge in [0, 0.05) is 5.57 Å². The Balaban J connectivity index is 4.13. The molecule has 0 aromatic carbocycles. The minimum Gasteiger partial charge on any atom is -0.462 e. The molecular weight excluding hydrogens is 256 g/mol. The second kappa shape index (κ2) is 5.44. The highest BCUT2D eigenvalue weighted by atomic mass is 33.2. The van der Waals surface area contributed by atoms with Crippen LogP contribution >= 0.6 is 0 Å². The maximum atomic E-state index is 11.1. The van der Waals surface area contributed by atoms with Crippen molar-refractivity contribution in [2.24, 2.45) is 0 Å². The Morgan fingerprint density at radius 2 is 1.75 bits per heavy atom. The van der Waals surface area contributed by atoms with Crippen LogP contribution in [-0.4, -0.2) is 41.4 Å². The minimum absolute atomic E-state index is 0.0611. The monoisotopic (exact) mass is 270 g/mol. The van der Waals surface area contributed by atoms with E-state index in [0.717, 1.165) is 0 Å². The van der Waals surface area contributed by atoms with Crippen LogP contribution in [0.4, 0.5) is 0 Å². The number of carbonyl (C=O) groups is 1. The maximum absolute atomic E-state index is 11.1. The standard InChI is InChI=1S/C8H14O6S2/c1-7(2)8(9)14-5-4-6-16(12,13)15(3,10)11/h1,4-6H2,2-3H3. The van der Waals surface area contributed by atoms with Crippen LogP contribution in [0.25, 0.3) is 0 Å². The van der Waals surface area contributed by atoms with Gasteiger partial charge in [-0.05, 0) is 13.3 Å². The summed E-state index contributed by atoms with van der Waals surface area (Å²) in [5.41, 5.74) is 0.200. The summed E-state index contributed by atoms with van der Waals surface area (Å²) in [6.07, 6.45) is 0.566. The summed E-state index contributed by atoms with van der Waals surface area (Å²) in [5, 5.41) is 0. The lowest BCUT2D eigenvalue weighted by Crippen LogP contribution is -2.19. The highest BCUT2D eigenvalue weighted by Crippen LogP contribution is 2.03. The summed E-state index contributed by atoms with van der Waals surface area (Å²) >= 11 is 0. The average Bonchev–Trinajstić information content (AvgIpc) is 2.09. The quantitative estimate of drug-likeness (QED) is 0.289. The van der Waals surface area contributed by atoms with Crippen molar-refractivity contribution >= 4 is 23.7 Å². The Labute approximate surface area is 94.5 Å². The zero-order valence-electron chi connectivity index (χ0n) is 9.09. The lowest BCUT2D eigenvalue weighted by atomic mass is 10.4. The molecule has 0 aliphatic carbocycles. The van der Waals surface area contributed by atoms with Crippen LogP contribution < -0.4 is 0 Å². The molecule has 0 radical (unpaired) electrons. The van der Waals surface area contributed by atoms with Gasteiger partial charge in [-0.3, -0.25) is 0 Å². The molecule has 0 rings (SSSR count). The molecule has 0 heterocycles. The van der Waals surface area contributed by atoms with Gasteiger partial charge in [0.05, 0.1) is 18.6 Å². The van der Waals surface area contributed by atoms with E-state index in [9.17, 15) is 21.6 Å². The molecule has 8 heteroatoms. The van der Waals surface area contributed by atoms with E-state index >= 15 is 0 Å². The van der Waals surface area contributed by atoms with Gasteiger partial charge in [-0.25, -0.2) is 21.6 Å². The first-order chi connectivity index (χ1) is 7.08. The first-order valence-corrected chi connectivity index (χ1v) is 8.39. The highest BCUT2D eigenvalue weighted by Gasteiger charge is 2.23. The molecule has 0 amide bonds. The second-order valence-corrected chi connectivity index (χ2v) is 9.51. The second-order valence-electron chi connectivity index (χ2n) is 3.24. The summed E-state index contributed by atoms with van der Waals surface area (Å²) in [6.45, 7) is 4.63.